The molecule has 0 aliphatic carbocycles. The van der Waals surface area contributed by atoms with Gasteiger partial charge in [-0.25, -0.2) is 4.98 Å². The van der Waals surface area contributed by atoms with E-state index in [1.54, 1.807) is 0 Å². The van der Waals surface area contributed by atoms with Crippen LogP contribution in [0.4, 0.5) is 5.82 Å². The minimum atomic E-state index is 0.266. The zero-order valence-corrected chi connectivity index (χ0v) is 9.51. The minimum absolute atomic E-state index is 0.266. The molecule has 1 aromatic heterocycles. The third-order valence-electron chi connectivity index (χ3n) is 1.97. The molecule has 0 aliphatic heterocycles. The molecule has 0 bridgehead atoms. The molecule has 1 N–H and O–H groups in total. The van der Waals surface area contributed by atoms with Crippen LogP contribution in [-0.2, 0) is 0 Å². The van der Waals surface area contributed by atoms with Crippen LogP contribution in [0.2, 0.25) is 0 Å². The van der Waals surface area contributed by atoms with Crippen LogP contribution in [0.15, 0.2) is 18.2 Å². The highest BCUT2D eigenvalue weighted by Gasteiger charge is 1.96. The number of halogens is 1. The van der Waals surface area contributed by atoms with Crippen LogP contribution in [0.3, 0.4) is 0 Å². The summed E-state index contributed by atoms with van der Waals surface area (Å²) < 4.78 is 0. The Bertz CT molecular complexity index is 274. The van der Waals surface area contributed by atoms with Crippen molar-refractivity contribution in [3.8, 4) is 0 Å². The fourth-order valence-corrected chi connectivity index (χ4v) is 1.40. The topological polar surface area (TPSA) is 24.9 Å². The van der Waals surface area contributed by atoms with E-state index in [2.05, 4.69) is 10.3 Å². The van der Waals surface area contributed by atoms with Gasteiger partial charge in [0, 0.05) is 17.6 Å². The number of hydrogen-bond acceptors (Lipinski definition) is 2. The molecule has 1 rings (SSSR count). The zero-order chi connectivity index (χ0) is 10.4. The van der Waals surface area contributed by atoms with Crippen molar-refractivity contribution in [1.29, 1.82) is 0 Å². The summed E-state index contributed by atoms with van der Waals surface area (Å²) >= 11 is 5.84. The second-order valence-electron chi connectivity index (χ2n) is 3.51. The number of nitrogens with one attached hydrogen (secondary N) is 1. The fourth-order valence-electron chi connectivity index (χ4n) is 1.24. The molecule has 78 valence electrons. The van der Waals surface area contributed by atoms with E-state index < -0.39 is 0 Å². The first kappa shape index (κ1) is 11.3. The van der Waals surface area contributed by atoms with Gasteiger partial charge in [-0.05, 0) is 38.8 Å². The van der Waals surface area contributed by atoms with Crippen molar-refractivity contribution in [2.24, 2.45) is 0 Å². The Hall–Kier alpha value is -0.760. The summed E-state index contributed by atoms with van der Waals surface area (Å²) in [7, 11) is 0. The highest BCUT2D eigenvalue weighted by molar-refractivity contribution is 6.20. The standard InChI is InChI=1S/C11H17ClN2/c1-9(12)5-4-8-13-11-7-3-6-10(2)14-11/h3,6-7,9H,4-5,8H2,1-2H3,(H,13,14). The molecule has 0 saturated carbocycles. The molecule has 0 aliphatic rings. The van der Waals surface area contributed by atoms with Crippen LogP contribution < -0.4 is 5.32 Å². The summed E-state index contributed by atoms with van der Waals surface area (Å²) in [6, 6.07) is 5.98. The Morgan fingerprint density at radius 2 is 2.29 bits per heavy atom. The van der Waals surface area contributed by atoms with Gasteiger partial charge in [-0.1, -0.05) is 6.07 Å². The Morgan fingerprint density at radius 3 is 2.93 bits per heavy atom. The zero-order valence-electron chi connectivity index (χ0n) is 8.76. The van der Waals surface area contributed by atoms with Gasteiger partial charge in [-0.3, -0.25) is 0 Å². The average Bonchev–Trinajstić information content (AvgIpc) is 2.12. The summed E-state index contributed by atoms with van der Waals surface area (Å²) in [6.45, 7) is 4.95. The van der Waals surface area contributed by atoms with E-state index in [4.69, 9.17) is 11.6 Å². The molecule has 0 fully saturated rings. The molecule has 1 heterocycles. The number of anilines is 1. The van der Waals surface area contributed by atoms with Crippen LogP contribution >= 0.6 is 11.6 Å². The van der Waals surface area contributed by atoms with E-state index in [1.807, 2.05) is 32.0 Å². The normalized spacial score (nSPS) is 12.5. The third kappa shape index (κ3) is 4.47. The molecule has 1 aromatic rings. The van der Waals surface area contributed by atoms with Gasteiger partial charge in [0.05, 0.1) is 0 Å². The number of alkyl halides is 1. The maximum Gasteiger partial charge on any atom is 0.126 e. The Labute approximate surface area is 90.7 Å². The molecule has 0 amide bonds. The first-order chi connectivity index (χ1) is 6.68. The van der Waals surface area contributed by atoms with Crippen molar-refractivity contribution in [2.45, 2.75) is 32.1 Å². The first-order valence-electron chi connectivity index (χ1n) is 5.00. The van der Waals surface area contributed by atoms with Gasteiger partial charge in [-0.2, -0.15) is 0 Å². The summed E-state index contributed by atoms with van der Waals surface area (Å²) in [5, 5.41) is 3.54. The predicted molar refractivity (Wildman–Crippen MR) is 62.0 cm³/mol. The van der Waals surface area contributed by atoms with Crippen molar-refractivity contribution in [2.75, 3.05) is 11.9 Å². The van der Waals surface area contributed by atoms with Gasteiger partial charge in [0.1, 0.15) is 5.82 Å². The van der Waals surface area contributed by atoms with Gasteiger partial charge in [0.25, 0.3) is 0 Å². The van der Waals surface area contributed by atoms with Gasteiger partial charge >= 0.3 is 0 Å². The maximum atomic E-state index is 5.84. The third-order valence-corrected chi connectivity index (χ3v) is 2.19. The predicted octanol–water partition coefficient (Wildman–Crippen LogP) is 3.21. The fraction of sp³-hybridized carbons (Fsp3) is 0.545. The van der Waals surface area contributed by atoms with Crippen LogP contribution in [0, 0.1) is 6.92 Å². The SMILES string of the molecule is Cc1cccc(NCCCC(C)Cl)n1. The summed E-state index contributed by atoms with van der Waals surface area (Å²) in [6.07, 6.45) is 2.13. The van der Waals surface area contributed by atoms with E-state index in [0.717, 1.165) is 30.9 Å². The van der Waals surface area contributed by atoms with Crippen molar-refractivity contribution in [3.63, 3.8) is 0 Å². The summed E-state index contributed by atoms with van der Waals surface area (Å²) in [4.78, 5) is 4.35. The minimum Gasteiger partial charge on any atom is -0.370 e. The monoisotopic (exact) mass is 212 g/mol. The number of aromatic nitrogens is 1. The van der Waals surface area contributed by atoms with Crippen LogP contribution in [0.5, 0.6) is 0 Å². The second kappa shape index (κ2) is 5.86. The van der Waals surface area contributed by atoms with E-state index in [-0.39, 0.29) is 5.38 Å². The molecule has 1 unspecified atom stereocenters. The lowest BCUT2D eigenvalue weighted by Gasteiger charge is -2.06. The van der Waals surface area contributed by atoms with Gasteiger partial charge in [-0.15, -0.1) is 11.6 Å². The van der Waals surface area contributed by atoms with E-state index in [9.17, 15) is 0 Å². The molecular weight excluding hydrogens is 196 g/mol. The number of hydrogen-bond donors (Lipinski definition) is 1. The van der Waals surface area contributed by atoms with Crippen molar-refractivity contribution in [3.05, 3.63) is 23.9 Å². The van der Waals surface area contributed by atoms with E-state index in [1.165, 1.54) is 0 Å². The first-order valence-corrected chi connectivity index (χ1v) is 5.44. The van der Waals surface area contributed by atoms with Crippen molar-refractivity contribution in [1.82, 2.24) is 4.98 Å². The highest BCUT2D eigenvalue weighted by atomic mass is 35.5. The molecule has 0 radical (unpaired) electrons. The smallest absolute Gasteiger partial charge is 0.126 e. The van der Waals surface area contributed by atoms with Crippen LogP contribution in [0.1, 0.15) is 25.5 Å². The molecule has 14 heavy (non-hydrogen) atoms. The maximum absolute atomic E-state index is 5.84. The van der Waals surface area contributed by atoms with E-state index in [0.29, 0.717) is 0 Å². The van der Waals surface area contributed by atoms with Gasteiger partial charge < -0.3 is 5.32 Å². The average molecular weight is 213 g/mol. The molecule has 0 aromatic carbocycles. The largest absolute Gasteiger partial charge is 0.370 e. The number of pyridine rings is 1. The molecule has 2 nitrogen and oxygen atoms in total. The lowest BCUT2D eigenvalue weighted by molar-refractivity contribution is 0.749. The lowest BCUT2D eigenvalue weighted by atomic mass is 10.2. The summed E-state index contributed by atoms with van der Waals surface area (Å²) in [5.41, 5.74) is 1.04. The second-order valence-corrected chi connectivity index (χ2v) is 4.26. The lowest BCUT2D eigenvalue weighted by Crippen LogP contribution is -2.05. The molecular formula is C11H17ClN2. The Balaban J connectivity index is 2.25. The van der Waals surface area contributed by atoms with Gasteiger partial charge in [0.15, 0.2) is 0 Å². The number of nitrogens with zero attached hydrogens (tertiary/aromatic N) is 1. The number of aryl methyl sites for hydroxylation is 1. The van der Waals surface area contributed by atoms with Crippen LogP contribution in [-0.4, -0.2) is 16.9 Å². The molecule has 1 atom stereocenters. The van der Waals surface area contributed by atoms with Crippen molar-refractivity contribution < 1.29 is 0 Å². The van der Waals surface area contributed by atoms with Gasteiger partial charge in [0.2, 0.25) is 0 Å². The molecule has 0 saturated heterocycles. The highest BCUT2D eigenvalue weighted by Crippen LogP contribution is 2.06. The number of rotatable bonds is 5. The molecule has 0 spiro atoms. The quantitative estimate of drug-likeness (QED) is 0.599. The van der Waals surface area contributed by atoms with E-state index >= 15 is 0 Å². The summed E-state index contributed by atoms with van der Waals surface area (Å²) in [5.74, 6) is 0.951. The molecule has 3 heteroatoms. The van der Waals surface area contributed by atoms with Crippen molar-refractivity contribution >= 4 is 17.4 Å². The Kier molecular flexibility index (Phi) is 4.74. The van der Waals surface area contributed by atoms with Crippen LogP contribution in [0.25, 0.3) is 0 Å². The Morgan fingerprint density at radius 1 is 1.50 bits per heavy atom.